The number of hydrogen-bond acceptors (Lipinski definition) is 3. The average molecular weight is 248 g/mol. The highest BCUT2D eigenvalue weighted by molar-refractivity contribution is 7.92. The van der Waals surface area contributed by atoms with E-state index in [0.29, 0.717) is 0 Å². The van der Waals surface area contributed by atoms with Crippen molar-refractivity contribution in [2.75, 3.05) is 6.26 Å². The van der Waals surface area contributed by atoms with E-state index in [1.165, 1.54) is 19.1 Å². The van der Waals surface area contributed by atoms with E-state index >= 15 is 0 Å². The van der Waals surface area contributed by atoms with Gasteiger partial charge in [0.1, 0.15) is 0 Å². The van der Waals surface area contributed by atoms with Gasteiger partial charge in [0.05, 0.1) is 10.9 Å². The maximum absolute atomic E-state index is 11.7. The summed E-state index contributed by atoms with van der Waals surface area (Å²) in [5.74, 6) is 0.146. The van der Waals surface area contributed by atoms with Crippen LogP contribution in [0.1, 0.15) is 52.4 Å². The molecular weight excluding hydrogens is 224 g/mol. The predicted molar refractivity (Wildman–Crippen MR) is 66.1 cm³/mol. The van der Waals surface area contributed by atoms with Gasteiger partial charge in [0.15, 0.2) is 9.84 Å². The Morgan fingerprint density at radius 3 is 1.94 bits per heavy atom. The molecule has 1 aliphatic carbocycles. The van der Waals surface area contributed by atoms with Crippen molar-refractivity contribution in [3.63, 3.8) is 0 Å². The lowest BCUT2D eigenvalue weighted by Crippen LogP contribution is -2.47. The van der Waals surface area contributed by atoms with E-state index in [9.17, 15) is 13.5 Å². The molecule has 0 aromatic carbocycles. The summed E-state index contributed by atoms with van der Waals surface area (Å²) in [5.41, 5.74) is 0. The summed E-state index contributed by atoms with van der Waals surface area (Å²) in [7, 11) is -3.21. The molecule has 0 spiro atoms. The second kappa shape index (κ2) is 5.05. The third-order valence-corrected chi connectivity index (χ3v) is 6.17. The molecule has 0 bridgehead atoms. The van der Waals surface area contributed by atoms with E-state index in [1.807, 2.05) is 0 Å². The Balaban J connectivity index is 2.79. The number of aliphatic hydroxyl groups is 1. The van der Waals surface area contributed by atoms with Gasteiger partial charge >= 0.3 is 0 Å². The van der Waals surface area contributed by atoms with E-state index < -0.39 is 20.7 Å². The molecule has 1 rings (SSSR count). The van der Waals surface area contributed by atoms with Crippen molar-refractivity contribution in [1.29, 1.82) is 0 Å². The molecule has 1 unspecified atom stereocenters. The zero-order valence-electron chi connectivity index (χ0n) is 10.6. The van der Waals surface area contributed by atoms with Crippen molar-refractivity contribution in [3.05, 3.63) is 0 Å². The minimum absolute atomic E-state index is 0.146. The van der Waals surface area contributed by atoms with Crippen LogP contribution in [0.5, 0.6) is 0 Å². The number of sulfone groups is 1. The summed E-state index contributed by atoms with van der Waals surface area (Å²) in [6.07, 6.45) is 7.04. The molecule has 1 saturated carbocycles. The lowest BCUT2D eigenvalue weighted by atomic mass is 9.87. The molecule has 1 fully saturated rings. The molecule has 0 saturated heterocycles. The van der Waals surface area contributed by atoms with E-state index in [2.05, 4.69) is 0 Å². The lowest BCUT2D eigenvalue weighted by molar-refractivity contribution is 0.0681. The zero-order valence-corrected chi connectivity index (χ0v) is 11.4. The first-order valence-electron chi connectivity index (χ1n) is 6.14. The fraction of sp³-hybridized carbons (Fsp3) is 1.00. The van der Waals surface area contributed by atoms with Crippen LogP contribution in [-0.2, 0) is 9.84 Å². The number of hydrogen-bond donors (Lipinski definition) is 1. The third-order valence-electron chi connectivity index (χ3n) is 4.01. The van der Waals surface area contributed by atoms with E-state index in [0.717, 1.165) is 25.7 Å². The molecule has 0 aliphatic heterocycles. The molecule has 1 aliphatic rings. The minimum Gasteiger partial charge on any atom is -0.391 e. The van der Waals surface area contributed by atoms with Crippen LogP contribution >= 0.6 is 0 Å². The second-order valence-corrected chi connectivity index (χ2v) is 8.17. The van der Waals surface area contributed by atoms with E-state index in [1.54, 1.807) is 13.8 Å². The van der Waals surface area contributed by atoms with Crippen molar-refractivity contribution < 1.29 is 13.5 Å². The van der Waals surface area contributed by atoms with E-state index in [4.69, 9.17) is 0 Å². The van der Waals surface area contributed by atoms with Crippen molar-refractivity contribution in [3.8, 4) is 0 Å². The molecule has 4 heteroatoms. The fourth-order valence-electron chi connectivity index (χ4n) is 2.41. The molecule has 0 aromatic heterocycles. The first kappa shape index (κ1) is 14.0. The predicted octanol–water partition coefficient (Wildman–Crippen LogP) is 2.14. The average Bonchev–Trinajstić information content (AvgIpc) is 2.42. The van der Waals surface area contributed by atoms with Crippen molar-refractivity contribution >= 4 is 9.84 Å². The number of rotatable bonds is 3. The monoisotopic (exact) mass is 248 g/mol. The number of aliphatic hydroxyl groups excluding tert-OH is 1. The van der Waals surface area contributed by atoms with Crippen molar-refractivity contribution in [2.24, 2.45) is 5.92 Å². The summed E-state index contributed by atoms with van der Waals surface area (Å²) in [6, 6.07) is 0. The van der Waals surface area contributed by atoms with Crippen LogP contribution in [0.4, 0.5) is 0 Å². The summed E-state index contributed by atoms with van der Waals surface area (Å²) in [6.45, 7) is 3.27. The van der Waals surface area contributed by atoms with Gasteiger partial charge in [0.25, 0.3) is 0 Å². The second-order valence-electron chi connectivity index (χ2n) is 5.57. The van der Waals surface area contributed by atoms with Gasteiger partial charge in [0, 0.05) is 6.26 Å². The molecule has 1 atom stereocenters. The van der Waals surface area contributed by atoms with Gasteiger partial charge in [-0.1, -0.05) is 25.7 Å². The summed E-state index contributed by atoms with van der Waals surface area (Å²) < 4.78 is 22.3. The van der Waals surface area contributed by atoms with Gasteiger partial charge in [0.2, 0.25) is 0 Å². The van der Waals surface area contributed by atoms with Gasteiger partial charge in [-0.15, -0.1) is 0 Å². The lowest BCUT2D eigenvalue weighted by Gasteiger charge is -2.34. The normalized spacial score (nSPS) is 22.8. The summed E-state index contributed by atoms with van der Waals surface area (Å²) >= 11 is 0. The Morgan fingerprint density at radius 1 is 1.12 bits per heavy atom. The highest BCUT2D eigenvalue weighted by Gasteiger charge is 2.41. The van der Waals surface area contributed by atoms with Crippen LogP contribution in [0, 0.1) is 5.92 Å². The molecule has 1 N–H and O–H groups in total. The van der Waals surface area contributed by atoms with Crippen molar-refractivity contribution in [2.45, 2.75) is 63.2 Å². The molecule has 16 heavy (non-hydrogen) atoms. The maximum Gasteiger partial charge on any atom is 0.155 e. The van der Waals surface area contributed by atoms with Crippen LogP contribution in [-0.4, -0.2) is 30.6 Å². The zero-order chi connectivity index (χ0) is 12.4. The van der Waals surface area contributed by atoms with Gasteiger partial charge in [-0.05, 0) is 32.6 Å². The molecule has 0 heterocycles. The Kier molecular flexibility index (Phi) is 4.41. The van der Waals surface area contributed by atoms with Crippen LogP contribution < -0.4 is 0 Å². The molecule has 96 valence electrons. The fourth-order valence-corrected chi connectivity index (χ4v) is 3.04. The van der Waals surface area contributed by atoms with Gasteiger partial charge in [-0.25, -0.2) is 8.42 Å². The Labute approximate surface area is 99.2 Å². The quantitative estimate of drug-likeness (QED) is 0.779. The van der Waals surface area contributed by atoms with Crippen LogP contribution in [0.25, 0.3) is 0 Å². The third kappa shape index (κ3) is 2.98. The summed E-state index contributed by atoms with van der Waals surface area (Å²) in [5, 5.41) is 10.3. The molecule has 0 aromatic rings. The SMILES string of the molecule is CC(C)(C(O)C1CCCCCC1)S(C)(=O)=O. The van der Waals surface area contributed by atoms with Crippen LogP contribution in [0.15, 0.2) is 0 Å². The molecular formula is C12H24O3S. The van der Waals surface area contributed by atoms with Gasteiger partial charge in [-0.3, -0.25) is 0 Å². The largest absolute Gasteiger partial charge is 0.391 e. The Bertz CT molecular complexity index is 311. The smallest absolute Gasteiger partial charge is 0.155 e. The maximum atomic E-state index is 11.7. The molecule has 3 nitrogen and oxygen atoms in total. The van der Waals surface area contributed by atoms with Gasteiger partial charge in [-0.2, -0.15) is 0 Å². The Hall–Kier alpha value is -0.0900. The minimum atomic E-state index is -3.21. The molecule has 0 radical (unpaired) electrons. The first-order valence-corrected chi connectivity index (χ1v) is 8.03. The summed E-state index contributed by atoms with van der Waals surface area (Å²) in [4.78, 5) is 0. The van der Waals surface area contributed by atoms with Gasteiger partial charge < -0.3 is 5.11 Å². The highest BCUT2D eigenvalue weighted by atomic mass is 32.2. The Morgan fingerprint density at radius 2 is 1.56 bits per heavy atom. The molecule has 0 amide bonds. The first-order chi connectivity index (χ1) is 7.27. The van der Waals surface area contributed by atoms with Crippen LogP contribution in [0.3, 0.4) is 0 Å². The standard InChI is InChI=1S/C12H24O3S/c1-12(2,16(3,14)15)11(13)10-8-6-4-5-7-9-10/h10-11,13H,4-9H2,1-3H3. The topological polar surface area (TPSA) is 54.4 Å². The van der Waals surface area contributed by atoms with Crippen molar-refractivity contribution in [1.82, 2.24) is 0 Å². The highest BCUT2D eigenvalue weighted by Crippen LogP contribution is 2.33. The van der Waals surface area contributed by atoms with E-state index in [-0.39, 0.29) is 5.92 Å². The van der Waals surface area contributed by atoms with Crippen LogP contribution in [0.2, 0.25) is 0 Å².